The van der Waals surface area contributed by atoms with E-state index in [0.717, 1.165) is 68.1 Å². The Morgan fingerprint density at radius 3 is 2.11 bits per heavy atom. The Balaban J connectivity index is 1.00. The number of fused-ring (bicyclic) bond motifs is 5. The number of carbonyl (C=O) groups excluding carboxylic acids is 4. The van der Waals surface area contributed by atoms with Crippen LogP contribution in [0.25, 0.3) is 44.7 Å². The van der Waals surface area contributed by atoms with Crippen LogP contribution in [0.1, 0.15) is 80.4 Å². The van der Waals surface area contributed by atoms with Crippen LogP contribution in [0.4, 0.5) is 9.59 Å². The first-order valence-electron chi connectivity index (χ1n) is 22.0. The summed E-state index contributed by atoms with van der Waals surface area (Å²) in [4.78, 5) is 73.9. The average molecular weight is 903 g/mol. The van der Waals surface area contributed by atoms with Crippen LogP contribution < -0.4 is 20.7 Å². The van der Waals surface area contributed by atoms with Gasteiger partial charge >= 0.3 is 12.2 Å². The SMILES string of the molecule is COC(=O)N[C@H](C(=O)N1CCC[C@H]1c1ncc(-c2ccc3c(c2)OC(c2ccc(C)s2)n2c-3cc3cc(-c4cnc([C@@H]5NCCN5C(=O)[C@@H](NC(=O)OC)C(C)C)[nH]4)ccc32)[nH]1)C(C)C. The third kappa shape index (κ3) is 8.20. The number of aromatic amines is 2. The minimum atomic E-state index is -0.752. The molecule has 5 N–H and O–H groups in total. The number of thiophene rings is 1. The van der Waals surface area contributed by atoms with E-state index in [1.165, 1.54) is 19.1 Å². The maximum absolute atomic E-state index is 13.8. The predicted octanol–water partition coefficient (Wildman–Crippen LogP) is 7.25. The second-order valence-corrected chi connectivity index (χ2v) is 18.8. The van der Waals surface area contributed by atoms with Crippen LogP contribution >= 0.6 is 11.3 Å². The van der Waals surface area contributed by atoms with Crippen molar-refractivity contribution in [3.63, 3.8) is 0 Å². The summed E-state index contributed by atoms with van der Waals surface area (Å²) in [7, 11) is 2.57. The molecule has 4 amide bonds. The van der Waals surface area contributed by atoms with Gasteiger partial charge in [0.15, 0.2) is 0 Å². The van der Waals surface area contributed by atoms with E-state index in [1.807, 2.05) is 38.7 Å². The third-order valence-corrected chi connectivity index (χ3v) is 13.6. The van der Waals surface area contributed by atoms with Crippen LogP contribution in [0.5, 0.6) is 5.75 Å². The van der Waals surface area contributed by atoms with E-state index >= 15 is 0 Å². The second kappa shape index (κ2) is 17.7. The molecule has 6 aromatic rings. The number of benzene rings is 2. The Morgan fingerprint density at radius 2 is 1.45 bits per heavy atom. The maximum atomic E-state index is 13.8. The summed E-state index contributed by atoms with van der Waals surface area (Å²) < 4.78 is 18.8. The molecule has 5 atom stereocenters. The van der Waals surface area contributed by atoms with Gasteiger partial charge in [-0.15, -0.1) is 11.3 Å². The van der Waals surface area contributed by atoms with Crippen molar-refractivity contribution in [3.05, 3.63) is 88.4 Å². The molecule has 7 heterocycles. The number of rotatable bonds is 11. The van der Waals surface area contributed by atoms with E-state index in [2.05, 4.69) is 85.9 Å². The lowest BCUT2D eigenvalue weighted by molar-refractivity contribution is -0.136. The summed E-state index contributed by atoms with van der Waals surface area (Å²) in [6.45, 7) is 11.3. The number of hydrogen-bond acceptors (Lipinski definition) is 11. The molecule has 0 saturated carbocycles. The Morgan fingerprint density at radius 1 is 0.800 bits per heavy atom. The van der Waals surface area contributed by atoms with Crippen molar-refractivity contribution in [2.75, 3.05) is 33.9 Å². The predicted molar refractivity (Wildman–Crippen MR) is 245 cm³/mol. The molecule has 2 aromatic carbocycles. The lowest BCUT2D eigenvalue weighted by Gasteiger charge is -2.30. The topological polar surface area (TPSA) is 201 Å². The molecule has 9 rings (SSSR count). The number of alkyl carbamates (subject to hydrolysis) is 2. The molecular formula is C47H54N10O7S. The molecule has 17 nitrogen and oxygen atoms in total. The molecule has 18 heteroatoms. The lowest BCUT2D eigenvalue weighted by Crippen LogP contribution is -2.51. The van der Waals surface area contributed by atoms with E-state index in [1.54, 1.807) is 28.6 Å². The van der Waals surface area contributed by atoms with E-state index in [4.69, 9.17) is 24.2 Å². The second-order valence-electron chi connectivity index (χ2n) is 17.5. The number of nitrogens with zero attached hydrogens (tertiary/aromatic N) is 5. The Kier molecular flexibility index (Phi) is 11.9. The van der Waals surface area contributed by atoms with Gasteiger partial charge in [-0.1, -0.05) is 39.8 Å². The molecule has 2 saturated heterocycles. The molecule has 3 aliphatic heterocycles. The van der Waals surface area contributed by atoms with Crippen LogP contribution in [-0.2, 0) is 19.1 Å². The Bertz CT molecular complexity index is 2770. The molecule has 340 valence electrons. The quantitative estimate of drug-likeness (QED) is 0.0882. The first kappa shape index (κ1) is 43.6. The fourth-order valence-electron chi connectivity index (χ4n) is 9.20. The molecule has 3 aliphatic rings. The highest BCUT2D eigenvalue weighted by Crippen LogP contribution is 2.47. The summed E-state index contributed by atoms with van der Waals surface area (Å²) in [5, 5.41) is 9.82. The summed E-state index contributed by atoms with van der Waals surface area (Å²) in [5.74, 6) is 1.37. The third-order valence-electron chi connectivity index (χ3n) is 12.6. The van der Waals surface area contributed by atoms with Crippen molar-refractivity contribution in [2.24, 2.45) is 11.8 Å². The van der Waals surface area contributed by atoms with E-state index in [0.29, 0.717) is 31.3 Å². The number of methoxy groups -OCH3 is 2. The largest absolute Gasteiger partial charge is 0.464 e. The van der Waals surface area contributed by atoms with E-state index < -0.39 is 36.7 Å². The average Bonchev–Trinajstić information content (AvgIpc) is 4.16. The number of nitrogens with one attached hydrogen (secondary N) is 5. The fourth-order valence-corrected chi connectivity index (χ4v) is 10.1. The van der Waals surface area contributed by atoms with Gasteiger partial charge in [-0.05, 0) is 74.1 Å². The highest BCUT2D eigenvalue weighted by molar-refractivity contribution is 7.12. The number of aromatic nitrogens is 5. The molecule has 0 spiro atoms. The molecular weight excluding hydrogens is 849 g/mol. The summed E-state index contributed by atoms with van der Waals surface area (Å²) in [5.41, 5.74) is 6.40. The highest BCUT2D eigenvalue weighted by atomic mass is 32.1. The molecule has 0 aliphatic carbocycles. The van der Waals surface area contributed by atoms with Crippen molar-refractivity contribution >= 4 is 46.2 Å². The van der Waals surface area contributed by atoms with Gasteiger partial charge in [-0.3, -0.25) is 19.5 Å². The maximum Gasteiger partial charge on any atom is 0.407 e. The standard InChI is InChI=1S/C47H54N10O7S/c1-24(2)38(53-46(60)62-6)43(58)55-17-8-9-34(55)40-49-22-32(51-40)28-11-13-30-35-20-29-19-27(12-14-33(29)57(35)45(64-36(30)21-28)37-15-10-26(5)65-37)31-23-50-41(52-31)42-48-16-18-56(42)44(59)39(25(3)4)54-47(61)63-7/h10-15,19-25,34,38-39,42,45,48H,8-9,16-18H2,1-7H3,(H,49,51)(H,50,52)(H,53,60)(H,54,61)/t34-,38-,39-,42+,45?/m0/s1. The normalized spacial score (nSPS) is 18.9. The van der Waals surface area contributed by atoms with Gasteiger partial charge in [0.2, 0.25) is 18.0 Å². The number of hydrogen-bond donors (Lipinski definition) is 5. The minimum Gasteiger partial charge on any atom is -0.464 e. The summed E-state index contributed by atoms with van der Waals surface area (Å²) in [6.07, 6.45) is 2.95. The number of ether oxygens (including phenoxy) is 3. The Hall–Kier alpha value is -6.66. The van der Waals surface area contributed by atoms with Gasteiger partial charge in [-0.2, -0.15) is 0 Å². The van der Waals surface area contributed by atoms with Crippen LogP contribution in [0.2, 0.25) is 0 Å². The number of likely N-dealkylation sites (tertiary alicyclic amines) is 1. The van der Waals surface area contributed by atoms with Gasteiger partial charge in [0.1, 0.15) is 35.6 Å². The van der Waals surface area contributed by atoms with Gasteiger partial charge in [0.05, 0.1) is 60.1 Å². The van der Waals surface area contributed by atoms with E-state index in [9.17, 15) is 19.2 Å². The van der Waals surface area contributed by atoms with Crippen LogP contribution in [0.15, 0.2) is 67.0 Å². The first-order chi connectivity index (χ1) is 31.3. The zero-order chi connectivity index (χ0) is 45.7. The first-order valence-corrected chi connectivity index (χ1v) is 22.8. The monoisotopic (exact) mass is 902 g/mol. The molecule has 65 heavy (non-hydrogen) atoms. The number of H-pyrrole nitrogens is 2. The fraction of sp³-hybridized carbons (Fsp3) is 0.404. The molecule has 2 fully saturated rings. The van der Waals surface area contributed by atoms with Crippen molar-refractivity contribution in [1.29, 1.82) is 0 Å². The molecule has 1 unspecified atom stereocenters. The molecule has 4 aromatic heterocycles. The molecule has 0 bridgehead atoms. The molecule has 0 radical (unpaired) electrons. The van der Waals surface area contributed by atoms with Crippen molar-refractivity contribution in [3.8, 4) is 39.5 Å². The lowest BCUT2D eigenvalue weighted by atomic mass is 10.0. The van der Waals surface area contributed by atoms with Crippen molar-refractivity contribution < 1.29 is 33.4 Å². The van der Waals surface area contributed by atoms with Gasteiger partial charge < -0.3 is 44.6 Å². The summed E-state index contributed by atoms with van der Waals surface area (Å²) in [6, 6.07) is 17.2. The number of imidazole rings is 2. The van der Waals surface area contributed by atoms with Crippen molar-refractivity contribution in [2.45, 2.75) is 78.0 Å². The zero-order valence-corrected chi connectivity index (χ0v) is 38.2. The van der Waals surface area contributed by atoms with Gasteiger partial charge in [-0.25, -0.2) is 19.6 Å². The number of amides is 4. The Labute approximate surface area is 380 Å². The minimum absolute atomic E-state index is 0.132. The van der Waals surface area contributed by atoms with E-state index in [-0.39, 0.29) is 29.7 Å². The highest BCUT2D eigenvalue weighted by Gasteiger charge is 2.39. The zero-order valence-electron chi connectivity index (χ0n) is 37.4. The van der Waals surface area contributed by atoms with Gasteiger partial charge in [0.25, 0.3) is 0 Å². The smallest absolute Gasteiger partial charge is 0.407 e. The van der Waals surface area contributed by atoms with Crippen LogP contribution in [-0.4, -0.2) is 104 Å². The number of carbonyl (C=O) groups is 4. The van der Waals surface area contributed by atoms with Crippen LogP contribution in [0.3, 0.4) is 0 Å². The van der Waals surface area contributed by atoms with Crippen molar-refractivity contribution in [1.82, 2.24) is 50.3 Å². The van der Waals surface area contributed by atoms with Crippen LogP contribution in [0, 0.1) is 18.8 Å². The summed E-state index contributed by atoms with van der Waals surface area (Å²) >= 11 is 1.70. The van der Waals surface area contributed by atoms with Gasteiger partial charge in [0, 0.05) is 46.6 Å². The number of aryl methyl sites for hydroxylation is 1.